The van der Waals surface area contributed by atoms with Crippen molar-refractivity contribution in [2.24, 2.45) is 5.92 Å². The number of aromatic amines is 1. The molecule has 0 aliphatic heterocycles. The Balaban J connectivity index is 2.39. The molecular formula is C17H23N4O3+. The van der Waals surface area contributed by atoms with Gasteiger partial charge in [-0.25, -0.2) is 4.98 Å². The molecule has 0 bridgehead atoms. The Morgan fingerprint density at radius 1 is 1.33 bits per heavy atom. The molecule has 0 amide bonds. The molecule has 0 saturated carbocycles. The van der Waals surface area contributed by atoms with Gasteiger partial charge in [0, 0.05) is 6.07 Å². The van der Waals surface area contributed by atoms with Crippen molar-refractivity contribution in [1.82, 2.24) is 9.97 Å². The Hall–Kier alpha value is -2.59. The summed E-state index contributed by atoms with van der Waals surface area (Å²) in [6, 6.07) is 5.58. The zero-order valence-electron chi connectivity index (χ0n) is 14.5. The summed E-state index contributed by atoms with van der Waals surface area (Å²) in [6.07, 6.45) is 0. The second kappa shape index (κ2) is 7.79. The molecule has 1 heterocycles. The maximum atomic E-state index is 12.4. The van der Waals surface area contributed by atoms with E-state index in [1.807, 2.05) is 13.8 Å². The Morgan fingerprint density at radius 2 is 2.00 bits per heavy atom. The standard InChI is InChI=1S/C17H22N4O3/c1-5-21(9-11(2)8-18)10-16-19-13-7-15(24-4)14(23-3)6-12(13)17(22)20-16/h6-7,11H,5,9-10H2,1-4H3,(H,19,20,22)/p+1/t11-/m0/s1. The summed E-state index contributed by atoms with van der Waals surface area (Å²) in [7, 11) is 3.07. The Labute approximate surface area is 140 Å². The zero-order chi connectivity index (χ0) is 17.7. The van der Waals surface area contributed by atoms with Crippen molar-refractivity contribution in [2.75, 3.05) is 27.3 Å². The molecule has 0 fully saturated rings. The number of hydrogen-bond donors (Lipinski definition) is 2. The molecule has 128 valence electrons. The first-order valence-electron chi connectivity index (χ1n) is 7.90. The van der Waals surface area contributed by atoms with Gasteiger partial charge in [0.25, 0.3) is 5.56 Å². The average Bonchev–Trinajstić information content (AvgIpc) is 2.59. The Bertz CT molecular complexity index is 810. The van der Waals surface area contributed by atoms with Gasteiger partial charge in [0.2, 0.25) is 0 Å². The van der Waals surface area contributed by atoms with E-state index in [4.69, 9.17) is 14.7 Å². The average molecular weight is 331 g/mol. The molecule has 2 atom stereocenters. The quantitative estimate of drug-likeness (QED) is 0.771. The van der Waals surface area contributed by atoms with Gasteiger partial charge in [0.15, 0.2) is 17.3 Å². The Morgan fingerprint density at radius 3 is 2.58 bits per heavy atom. The number of quaternary nitrogens is 1. The van der Waals surface area contributed by atoms with Gasteiger partial charge in [0.05, 0.1) is 50.2 Å². The normalized spacial score (nSPS) is 13.3. The predicted octanol–water partition coefficient (Wildman–Crippen LogP) is 0.505. The maximum Gasteiger partial charge on any atom is 0.259 e. The number of H-pyrrole nitrogens is 1. The van der Waals surface area contributed by atoms with Crippen LogP contribution in [0, 0.1) is 17.2 Å². The minimum absolute atomic E-state index is 0.0449. The van der Waals surface area contributed by atoms with E-state index >= 15 is 0 Å². The van der Waals surface area contributed by atoms with Gasteiger partial charge in [-0.15, -0.1) is 0 Å². The van der Waals surface area contributed by atoms with Crippen molar-refractivity contribution in [3.63, 3.8) is 0 Å². The first-order chi connectivity index (χ1) is 11.5. The van der Waals surface area contributed by atoms with Crippen LogP contribution in [-0.2, 0) is 6.54 Å². The molecule has 2 rings (SSSR count). The van der Waals surface area contributed by atoms with Gasteiger partial charge < -0.3 is 19.4 Å². The summed E-state index contributed by atoms with van der Waals surface area (Å²) < 4.78 is 10.5. The van der Waals surface area contributed by atoms with E-state index in [1.54, 1.807) is 19.2 Å². The number of nitrogens with zero attached hydrogens (tertiary/aromatic N) is 2. The fourth-order valence-corrected chi connectivity index (χ4v) is 2.66. The minimum atomic E-state index is -0.209. The first-order valence-corrected chi connectivity index (χ1v) is 7.90. The van der Waals surface area contributed by atoms with Crippen LogP contribution >= 0.6 is 0 Å². The van der Waals surface area contributed by atoms with Crippen molar-refractivity contribution < 1.29 is 14.4 Å². The lowest BCUT2D eigenvalue weighted by atomic mass is 10.2. The van der Waals surface area contributed by atoms with Crippen molar-refractivity contribution in [3.05, 3.63) is 28.3 Å². The van der Waals surface area contributed by atoms with E-state index in [-0.39, 0.29) is 11.5 Å². The summed E-state index contributed by atoms with van der Waals surface area (Å²) in [4.78, 5) is 20.9. The van der Waals surface area contributed by atoms with Crippen LogP contribution in [0.2, 0.25) is 0 Å². The molecule has 0 spiro atoms. The molecule has 0 aliphatic carbocycles. The predicted molar refractivity (Wildman–Crippen MR) is 90.3 cm³/mol. The molecular weight excluding hydrogens is 308 g/mol. The molecule has 2 N–H and O–H groups in total. The topological polar surface area (TPSA) is 92.4 Å². The molecule has 2 aromatic rings. The smallest absolute Gasteiger partial charge is 0.259 e. The molecule has 0 aliphatic rings. The monoisotopic (exact) mass is 331 g/mol. The summed E-state index contributed by atoms with van der Waals surface area (Å²) in [5.41, 5.74) is 0.356. The summed E-state index contributed by atoms with van der Waals surface area (Å²) in [6.45, 7) is 6.05. The molecule has 1 aromatic carbocycles. The minimum Gasteiger partial charge on any atom is -0.493 e. The fraction of sp³-hybridized carbons (Fsp3) is 0.471. The van der Waals surface area contributed by atoms with Gasteiger partial charge in [-0.3, -0.25) is 4.79 Å². The van der Waals surface area contributed by atoms with E-state index in [0.717, 1.165) is 6.54 Å². The molecule has 0 saturated heterocycles. The number of hydrogen-bond acceptors (Lipinski definition) is 5. The van der Waals surface area contributed by atoms with E-state index in [9.17, 15) is 4.79 Å². The number of ether oxygens (including phenoxy) is 2. The fourth-order valence-electron chi connectivity index (χ4n) is 2.66. The van der Waals surface area contributed by atoms with Crippen LogP contribution in [0.25, 0.3) is 10.9 Å². The lowest BCUT2D eigenvalue weighted by Gasteiger charge is -2.18. The first kappa shape index (κ1) is 17.8. The van der Waals surface area contributed by atoms with E-state index < -0.39 is 0 Å². The second-order valence-corrected chi connectivity index (χ2v) is 5.75. The third kappa shape index (κ3) is 3.84. The number of aromatic nitrogens is 2. The van der Waals surface area contributed by atoms with Crippen LogP contribution in [0.4, 0.5) is 0 Å². The number of benzene rings is 1. The Kier molecular flexibility index (Phi) is 5.77. The highest BCUT2D eigenvalue weighted by molar-refractivity contribution is 5.81. The van der Waals surface area contributed by atoms with E-state index in [1.165, 1.54) is 12.0 Å². The lowest BCUT2D eigenvalue weighted by molar-refractivity contribution is -0.915. The number of nitrogens with one attached hydrogen (secondary N) is 2. The van der Waals surface area contributed by atoms with Gasteiger partial charge in [-0.2, -0.15) is 5.26 Å². The van der Waals surface area contributed by atoms with Crippen LogP contribution in [0.3, 0.4) is 0 Å². The van der Waals surface area contributed by atoms with Gasteiger partial charge in [0.1, 0.15) is 6.54 Å². The molecule has 7 nitrogen and oxygen atoms in total. The molecule has 1 aromatic heterocycles. The van der Waals surface area contributed by atoms with Gasteiger partial charge >= 0.3 is 0 Å². The highest BCUT2D eigenvalue weighted by Gasteiger charge is 2.16. The van der Waals surface area contributed by atoms with Crippen molar-refractivity contribution in [2.45, 2.75) is 20.4 Å². The molecule has 1 unspecified atom stereocenters. The van der Waals surface area contributed by atoms with Crippen LogP contribution in [0.5, 0.6) is 11.5 Å². The van der Waals surface area contributed by atoms with Crippen molar-refractivity contribution >= 4 is 10.9 Å². The molecule has 0 radical (unpaired) electrons. The third-order valence-corrected chi connectivity index (χ3v) is 3.99. The third-order valence-electron chi connectivity index (χ3n) is 3.99. The summed E-state index contributed by atoms with van der Waals surface area (Å²) >= 11 is 0. The van der Waals surface area contributed by atoms with Crippen molar-refractivity contribution in [3.8, 4) is 17.6 Å². The van der Waals surface area contributed by atoms with E-state index in [0.29, 0.717) is 41.3 Å². The number of methoxy groups -OCH3 is 2. The van der Waals surface area contributed by atoms with Gasteiger partial charge in [-0.05, 0) is 19.9 Å². The lowest BCUT2D eigenvalue weighted by Crippen LogP contribution is -3.11. The summed E-state index contributed by atoms with van der Waals surface area (Å²) in [5.74, 6) is 1.58. The van der Waals surface area contributed by atoms with Crippen LogP contribution in [0.15, 0.2) is 16.9 Å². The number of fused-ring (bicyclic) bond motifs is 1. The van der Waals surface area contributed by atoms with E-state index in [2.05, 4.69) is 16.0 Å². The van der Waals surface area contributed by atoms with Crippen molar-refractivity contribution in [1.29, 1.82) is 5.26 Å². The van der Waals surface area contributed by atoms with Crippen LogP contribution in [-0.4, -0.2) is 37.3 Å². The van der Waals surface area contributed by atoms with Crippen LogP contribution in [0.1, 0.15) is 19.7 Å². The highest BCUT2D eigenvalue weighted by atomic mass is 16.5. The number of rotatable bonds is 7. The SMILES string of the molecule is CC[NH+](Cc1nc2cc(OC)c(OC)cc2c(=O)[nH]1)C[C@@H](C)C#N. The summed E-state index contributed by atoms with van der Waals surface area (Å²) in [5, 5.41) is 9.43. The molecule has 24 heavy (non-hydrogen) atoms. The number of nitriles is 1. The highest BCUT2D eigenvalue weighted by Crippen LogP contribution is 2.29. The van der Waals surface area contributed by atoms with Crippen LogP contribution < -0.4 is 19.9 Å². The second-order valence-electron chi connectivity index (χ2n) is 5.75. The van der Waals surface area contributed by atoms with Gasteiger partial charge in [-0.1, -0.05) is 0 Å². The zero-order valence-corrected chi connectivity index (χ0v) is 14.5. The largest absolute Gasteiger partial charge is 0.493 e. The maximum absolute atomic E-state index is 12.4. The molecule has 7 heteroatoms.